The summed E-state index contributed by atoms with van der Waals surface area (Å²) in [7, 11) is -2.99. The van der Waals surface area contributed by atoms with Crippen molar-refractivity contribution in [2.75, 3.05) is 6.54 Å². The number of halogens is 1. The standard InChI is InChI=1S/C15H21FN4O3S/c1-2-10-5-6-20(19-24(22)23)15(8-10,14(18)21)13-4-3-12(16)7-11(13)9-17/h2-4,7,24H,5-6,8-9,17H2,1H3,(H2,18,21)(H,19,22,23). The van der Waals surface area contributed by atoms with Crippen LogP contribution >= 0.6 is 0 Å². The Morgan fingerprint density at radius 1 is 1.50 bits per heavy atom. The van der Waals surface area contributed by atoms with Crippen LogP contribution in [0.25, 0.3) is 0 Å². The molecule has 1 saturated heterocycles. The van der Waals surface area contributed by atoms with E-state index in [2.05, 4.69) is 4.83 Å². The highest BCUT2D eigenvalue weighted by Gasteiger charge is 2.48. The Morgan fingerprint density at radius 2 is 2.21 bits per heavy atom. The van der Waals surface area contributed by atoms with Crippen LogP contribution in [-0.4, -0.2) is 25.9 Å². The lowest BCUT2D eigenvalue weighted by molar-refractivity contribution is -0.133. The maximum Gasteiger partial charge on any atom is 0.244 e. The number of carbonyl (C=O) groups is 1. The Kier molecular flexibility index (Phi) is 5.70. The Bertz CT molecular complexity index is 742. The van der Waals surface area contributed by atoms with Gasteiger partial charge in [0.2, 0.25) is 16.8 Å². The molecule has 1 aromatic carbocycles. The summed E-state index contributed by atoms with van der Waals surface area (Å²) in [4.78, 5) is 14.8. The minimum Gasteiger partial charge on any atom is -0.368 e. The molecule has 0 spiro atoms. The number of piperidine rings is 1. The maximum atomic E-state index is 13.6. The molecule has 1 fully saturated rings. The molecule has 1 aromatic rings. The van der Waals surface area contributed by atoms with E-state index < -0.39 is 28.2 Å². The van der Waals surface area contributed by atoms with Crippen molar-refractivity contribution in [2.45, 2.75) is 31.8 Å². The zero-order chi connectivity index (χ0) is 17.9. The molecule has 2 rings (SSSR count). The van der Waals surface area contributed by atoms with Gasteiger partial charge in [0.1, 0.15) is 11.4 Å². The Hall–Kier alpha value is -1.81. The van der Waals surface area contributed by atoms with Gasteiger partial charge in [0.15, 0.2) is 0 Å². The lowest BCUT2D eigenvalue weighted by atomic mass is 9.76. The molecule has 0 aliphatic carbocycles. The number of rotatable bonds is 5. The SMILES string of the molecule is CC=C1CCN(N[SH](=O)=O)C(C(N)=O)(c2ccc(F)cc2CN)C1. The van der Waals surface area contributed by atoms with Crippen molar-refractivity contribution in [1.29, 1.82) is 0 Å². The smallest absolute Gasteiger partial charge is 0.244 e. The quantitative estimate of drug-likeness (QED) is 0.439. The molecular weight excluding hydrogens is 335 g/mol. The van der Waals surface area contributed by atoms with E-state index in [1.165, 1.54) is 23.2 Å². The fraction of sp³-hybridized carbons (Fsp3) is 0.400. The van der Waals surface area contributed by atoms with Crippen molar-refractivity contribution < 1.29 is 17.6 Å². The van der Waals surface area contributed by atoms with Crippen LogP contribution in [0.2, 0.25) is 0 Å². The van der Waals surface area contributed by atoms with E-state index in [-0.39, 0.29) is 19.5 Å². The summed E-state index contributed by atoms with van der Waals surface area (Å²) in [5, 5.41) is 1.31. The molecule has 1 heterocycles. The van der Waals surface area contributed by atoms with Gasteiger partial charge >= 0.3 is 0 Å². The molecule has 24 heavy (non-hydrogen) atoms. The van der Waals surface area contributed by atoms with E-state index in [0.717, 1.165) is 5.57 Å². The maximum absolute atomic E-state index is 13.6. The third kappa shape index (κ3) is 3.34. The van der Waals surface area contributed by atoms with Gasteiger partial charge in [-0.3, -0.25) is 4.79 Å². The van der Waals surface area contributed by atoms with Crippen LogP contribution < -0.4 is 16.3 Å². The van der Waals surface area contributed by atoms with E-state index >= 15 is 0 Å². The van der Waals surface area contributed by atoms with Gasteiger partial charge in [0.25, 0.3) is 0 Å². The number of nitrogens with two attached hydrogens (primary N) is 2. The van der Waals surface area contributed by atoms with Gasteiger partial charge in [0.05, 0.1) is 0 Å². The summed E-state index contributed by atoms with van der Waals surface area (Å²) in [6, 6.07) is 3.88. The number of amides is 1. The first-order valence-corrected chi connectivity index (χ1v) is 8.64. The Morgan fingerprint density at radius 3 is 2.75 bits per heavy atom. The van der Waals surface area contributed by atoms with Gasteiger partial charge < -0.3 is 11.5 Å². The van der Waals surface area contributed by atoms with Crippen molar-refractivity contribution in [3.8, 4) is 0 Å². The fourth-order valence-electron chi connectivity index (χ4n) is 3.17. The van der Waals surface area contributed by atoms with Crippen LogP contribution in [0.1, 0.15) is 30.9 Å². The highest BCUT2D eigenvalue weighted by Crippen LogP contribution is 2.40. The molecular formula is C15H21FN4O3S. The molecule has 1 amide bonds. The predicted molar refractivity (Wildman–Crippen MR) is 88.3 cm³/mol. The normalized spacial score (nSPS) is 23.8. The second kappa shape index (κ2) is 7.39. The topological polar surface area (TPSA) is 119 Å². The van der Waals surface area contributed by atoms with E-state index in [1.54, 1.807) is 0 Å². The minimum atomic E-state index is -2.99. The van der Waals surface area contributed by atoms with Crippen molar-refractivity contribution in [3.63, 3.8) is 0 Å². The van der Waals surface area contributed by atoms with Crippen LogP contribution in [0.4, 0.5) is 4.39 Å². The molecule has 0 aromatic heterocycles. The third-order valence-corrected chi connectivity index (χ3v) is 4.76. The van der Waals surface area contributed by atoms with E-state index in [4.69, 9.17) is 11.5 Å². The number of allylic oxidation sites excluding steroid dienone is 1. The molecule has 9 heteroatoms. The van der Waals surface area contributed by atoms with Crippen LogP contribution in [0.15, 0.2) is 29.8 Å². The van der Waals surface area contributed by atoms with Crippen molar-refractivity contribution in [2.24, 2.45) is 11.5 Å². The number of primary amides is 1. The summed E-state index contributed by atoms with van der Waals surface area (Å²) < 4.78 is 36.0. The number of nitrogens with one attached hydrogen (secondary N) is 1. The Labute approximate surface area is 141 Å². The molecule has 1 aliphatic rings. The van der Waals surface area contributed by atoms with Crippen LogP contribution in [-0.2, 0) is 27.8 Å². The van der Waals surface area contributed by atoms with Gasteiger partial charge in [-0.05, 0) is 36.6 Å². The fourth-order valence-corrected chi connectivity index (χ4v) is 3.63. The molecule has 1 atom stereocenters. The number of hydrogen-bond donors (Lipinski definition) is 4. The van der Waals surface area contributed by atoms with Gasteiger partial charge in [-0.1, -0.05) is 17.7 Å². The monoisotopic (exact) mass is 356 g/mol. The molecule has 7 nitrogen and oxygen atoms in total. The number of carbonyl (C=O) groups excluding carboxylic acids is 1. The van der Waals surface area contributed by atoms with Crippen LogP contribution in [0.3, 0.4) is 0 Å². The van der Waals surface area contributed by atoms with E-state index in [1.807, 2.05) is 13.0 Å². The summed E-state index contributed by atoms with van der Waals surface area (Å²) in [5.41, 5.74) is 11.7. The number of benzene rings is 1. The highest BCUT2D eigenvalue weighted by molar-refractivity contribution is 7.70. The van der Waals surface area contributed by atoms with Crippen LogP contribution in [0, 0.1) is 5.82 Å². The first-order valence-electron chi connectivity index (χ1n) is 7.46. The summed E-state index contributed by atoms with van der Waals surface area (Å²) >= 11 is 0. The first kappa shape index (κ1) is 18.5. The lowest BCUT2D eigenvalue weighted by Gasteiger charge is -2.45. The van der Waals surface area contributed by atoms with E-state index in [0.29, 0.717) is 17.5 Å². The van der Waals surface area contributed by atoms with Gasteiger partial charge in [-0.25, -0.2) is 17.8 Å². The summed E-state index contributed by atoms with van der Waals surface area (Å²) in [5.74, 6) is -1.22. The molecule has 1 aliphatic heterocycles. The average molecular weight is 356 g/mol. The summed E-state index contributed by atoms with van der Waals surface area (Å²) in [6.07, 6.45) is 2.66. The second-order valence-corrected chi connectivity index (χ2v) is 6.33. The van der Waals surface area contributed by atoms with Crippen LogP contribution in [0.5, 0.6) is 0 Å². The number of hydrazine groups is 1. The van der Waals surface area contributed by atoms with Crippen molar-refractivity contribution in [1.82, 2.24) is 9.84 Å². The predicted octanol–water partition coefficient (Wildman–Crippen LogP) is 0.0381. The zero-order valence-corrected chi connectivity index (χ0v) is 14.2. The molecule has 132 valence electrons. The largest absolute Gasteiger partial charge is 0.368 e. The van der Waals surface area contributed by atoms with Gasteiger partial charge in [-0.2, -0.15) is 0 Å². The number of nitrogens with zero attached hydrogens (tertiary/aromatic N) is 1. The average Bonchev–Trinajstić information content (AvgIpc) is 2.54. The molecule has 5 N–H and O–H groups in total. The highest BCUT2D eigenvalue weighted by atomic mass is 32.2. The van der Waals surface area contributed by atoms with Crippen molar-refractivity contribution in [3.05, 3.63) is 46.8 Å². The molecule has 0 saturated carbocycles. The molecule has 0 bridgehead atoms. The third-order valence-electron chi connectivity index (χ3n) is 4.35. The van der Waals surface area contributed by atoms with Gasteiger partial charge in [0, 0.05) is 19.5 Å². The Balaban J connectivity index is 2.70. The summed E-state index contributed by atoms with van der Waals surface area (Å²) in [6.45, 7) is 2.09. The molecule has 0 radical (unpaired) electrons. The first-order chi connectivity index (χ1) is 11.3. The number of hydrogen-bond acceptors (Lipinski definition) is 5. The van der Waals surface area contributed by atoms with Gasteiger partial charge in [-0.15, -0.1) is 4.83 Å². The lowest BCUT2D eigenvalue weighted by Crippen LogP contribution is -2.62. The second-order valence-electron chi connectivity index (χ2n) is 5.61. The van der Waals surface area contributed by atoms with E-state index in [9.17, 15) is 17.6 Å². The molecule has 1 unspecified atom stereocenters. The minimum absolute atomic E-state index is 0.00928. The van der Waals surface area contributed by atoms with Crippen molar-refractivity contribution >= 4 is 16.8 Å². The number of thiol groups is 1. The zero-order valence-electron chi connectivity index (χ0n) is 13.3.